The number of carbonyl (C=O) groups is 1. The predicted molar refractivity (Wildman–Crippen MR) is 118 cm³/mol. The molecule has 2 aliphatic rings. The summed E-state index contributed by atoms with van der Waals surface area (Å²) in [7, 11) is 1.65. The zero-order valence-electron chi connectivity index (χ0n) is 18.3. The Hall–Kier alpha value is -3.04. The van der Waals surface area contributed by atoms with Gasteiger partial charge in [0.15, 0.2) is 6.61 Å². The number of benzene rings is 1. The number of carbonyl (C=O) groups excluding carboxylic acids is 1. The van der Waals surface area contributed by atoms with Crippen molar-refractivity contribution < 1.29 is 23.4 Å². The minimum absolute atomic E-state index is 0.0525. The Morgan fingerprint density at radius 3 is 2.50 bits per heavy atom. The first-order chi connectivity index (χ1) is 15.6. The summed E-state index contributed by atoms with van der Waals surface area (Å²) in [6.45, 7) is 5.88. The number of methoxy groups -OCH3 is 1. The Kier molecular flexibility index (Phi) is 7.28. The molecule has 0 aliphatic carbocycles. The Morgan fingerprint density at radius 1 is 1.03 bits per heavy atom. The molecular weight excluding hydrogens is 414 g/mol. The van der Waals surface area contributed by atoms with Gasteiger partial charge in [0.1, 0.15) is 17.8 Å². The molecule has 1 aromatic heterocycles. The van der Waals surface area contributed by atoms with Crippen molar-refractivity contribution in [2.45, 2.75) is 6.54 Å². The van der Waals surface area contributed by atoms with Gasteiger partial charge in [0.2, 0.25) is 11.2 Å². The second-order valence-corrected chi connectivity index (χ2v) is 7.79. The molecule has 9 heteroatoms. The van der Waals surface area contributed by atoms with Gasteiger partial charge < -0.3 is 28.4 Å². The average Bonchev–Trinajstić information content (AvgIpc) is 2.84. The fraction of sp³-hybridized carbons (Fsp3) is 0.478. The molecule has 2 fully saturated rings. The Morgan fingerprint density at radius 2 is 1.78 bits per heavy atom. The molecule has 1 aromatic carbocycles. The maximum atomic E-state index is 12.6. The number of hydrogen-bond donors (Lipinski definition) is 0. The highest BCUT2D eigenvalue weighted by Gasteiger charge is 2.23. The van der Waals surface area contributed by atoms with Crippen molar-refractivity contribution in [1.29, 1.82) is 0 Å². The molecule has 32 heavy (non-hydrogen) atoms. The lowest BCUT2D eigenvalue weighted by molar-refractivity contribution is -0.133. The summed E-state index contributed by atoms with van der Waals surface area (Å²) in [5, 5.41) is 0. The first-order valence-electron chi connectivity index (χ1n) is 10.8. The van der Waals surface area contributed by atoms with Crippen LogP contribution in [0, 0.1) is 0 Å². The van der Waals surface area contributed by atoms with Crippen LogP contribution in [0.3, 0.4) is 0 Å². The summed E-state index contributed by atoms with van der Waals surface area (Å²) in [4.78, 5) is 31.1. The average molecular weight is 444 g/mol. The van der Waals surface area contributed by atoms with Crippen LogP contribution in [0.2, 0.25) is 0 Å². The molecule has 1 amide bonds. The monoisotopic (exact) mass is 443 g/mol. The van der Waals surface area contributed by atoms with Crippen LogP contribution >= 0.6 is 0 Å². The van der Waals surface area contributed by atoms with Crippen molar-refractivity contribution in [2.75, 3.05) is 71.1 Å². The van der Waals surface area contributed by atoms with E-state index in [-0.39, 0.29) is 23.7 Å². The van der Waals surface area contributed by atoms with E-state index >= 15 is 0 Å². The third kappa shape index (κ3) is 5.41. The van der Waals surface area contributed by atoms with Crippen molar-refractivity contribution in [3.05, 3.63) is 52.6 Å². The fourth-order valence-electron chi connectivity index (χ4n) is 3.92. The Labute approximate surface area is 187 Å². The van der Waals surface area contributed by atoms with Crippen molar-refractivity contribution in [3.63, 3.8) is 0 Å². The van der Waals surface area contributed by atoms with Crippen molar-refractivity contribution in [2.24, 2.45) is 0 Å². The van der Waals surface area contributed by atoms with Crippen LogP contribution in [0.5, 0.6) is 11.5 Å². The molecule has 2 saturated heterocycles. The molecule has 3 heterocycles. The molecule has 4 rings (SSSR count). The zero-order chi connectivity index (χ0) is 22.3. The van der Waals surface area contributed by atoms with Gasteiger partial charge in [-0.15, -0.1) is 0 Å². The standard InChI is InChI=1S/C23H29N3O6/c1-29-21-5-3-2-4-19(21)25-6-8-26(9-7-25)23(28)17-32-22-16-31-18(14-20(22)27)15-24-10-12-30-13-11-24/h2-5,14,16H,6-13,15,17H2,1H3. The summed E-state index contributed by atoms with van der Waals surface area (Å²) < 4.78 is 21.8. The van der Waals surface area contributed by atoms with E-state index in [0.29, 0.717) is 51.7 Å². The zero-order valence-corrected chi connectivity index (χ0v) is 18.3. The molecule has 2 aromatic rings. The lowest BCUT2D eigenvalue weighted by Crippen LogP contribution is -2.50. The van der Waals surface area contributed by atoms with Crippen LogP contribution in [0.4, 0.5) is 5.69 Å². The number of rotatable bonds is 7. The Bertz CT molecular complexity index is 964. The molecule has 0 saturated carbocycles. The van der Waals surface area contributed by atoms with Gasteiger partial charge in [-0.05, 0) is 12.1 Å². The number of piperazine rings is 1. The molecular formula is C23H29N3O6. The van der Waals surface area contributed by atoms with E-state index in [0.717, 1.165) is 24.5 Å². The first kappa shape index (κ1) is 22.2. The number of amides is 1. The number of anilines is 1. The third-order valence-electron chi connectivity index (χ3n) is 5.74. The molecule has 9 nitrogen and oxygen atoms in total. The highest BCUT2D eigenvalue weighted by atomic mass is 16.5. The van der Waals surface area contributed by atoms with Gasteiger partial charge in [-0.2, -0.15) is 0 Å². The number of hydrogen-bond acceptors (Lipinski definition) is 8. The van der Waals surface area contributed by atoms with Crippen LogP contribution in [-0.2, 0) is 16.1 Å². The van der Waals surface area contributed by atoms with E-state index in [9.17, 15) is 9.59 Å². The highest BCUT2D eigenvalue weighted by Crippen LogP contribution is 2.28. The quantitative estimate of drug-likeness (QED) is 0.632. The number of morpholine rings is 1. The second kappa shape index (κ2) is 10.5. The molecule has 0 N–H and O–H groups in total. The van der Waals surface area contributed by atoms with Gasteiger partial charge in [-0.1, -0.05) is 12.1 Å². The van der Waals surface area contributed by atoms with Crippen LogP contribution in [-0.4, -0.2) is 81.9 Å². The molecule has 0 spiro atoms. The summed E-state index contributed by atoms with van der Waals surface area (Å²) in [6.07, 6.45) is 1.30. The first-order valence-corrected chi connectivity index (χ1v) is 10.8. The van der Waals surface area contributed by atoms with E-state index in [2.05, 4.69) is 9.80 Å². The smallest absolute Gasteiger partial charge is 0.260 e. The van der Waals surface area contributed by atoms with Crippen LogP contribution in [0.25, 0.3) is 0 Å². The SMILES string of the molecule is COc1ccccc1N1CCN(C(=O)COc2coc(CN3CCOCC3)cc2=O)CC1. The van der Waals surface area contributed by atoms with Gasteiger partial charge in [0.25, 0.3) is 5.91 Å². The highest BCUT2D eigenvalue weighted by molar-refractivity contribution is 5.78. The fourth-order valence-corrected chi connectivity index (χ4v) is 3.92. The van der Waals surface area contributed by atoms with Gasteiger partial charge in [0, 0.05) is 45.3 Å². The van der Waals surface area contributed by atoms with E-state index in [4.69, 9.17) is 18.6 Å². The topological polar surface area (TPSA) is 84.7 Å². The van der Waals surface area contributed by atoms with E-state index in [1.807, 2.05) is 24.3 Å². The number of nitrogens with zero attached hydrogens (tertiary/aromatic N) is 3. The van der Waals surface area contributed by atoms with Gasteiger partial charge in [-0.25, -0.2) is 0 Å². The molecule has 172 valence electrons. The molecule has 0 unspecified atom stereocenters. The predicted octanol–water partition coefficient (Wildman–Crippen LogP) is 1.21. The minimum Gasteiger partial charge on any atom is -0.495 e. The maximum Gasteiger partial charge on any atom is 0.260 e. The van der Waals surface area contributed by atoms with Gasteiger partial charge in [0.05, 0.1) is 32.6 Å². The van der Waals surface area contributed by atoms with Gasteiger partial charge in [-0.3, -0.25) is 14.5 Å². The lowest BCUT2D eigenvalue weighted by atomic mass is 10.2. The van der Waals surface area contributed by atoms with Gasteiger partial charge >= 0.3 is 0 Å². The number of ether oxygens (including phenoxy) is 3. The van der Waals surface area contributed by atoms with Crippen LogP contribution in [0.15, 0.2) is 45.8 Å². The second-order valence-electron chi connectivity index (χ2n) is 7.79. The molecule has 0 atom stereocenters. The van der Waals surface area contributed by atoms with Crippen molar-refractivity contribution >= 4 is 11.6 Å². The minimum atomic E-state index is -0.284. The van der Waals surface area contributed by atoms with E-state index < -0.39 is 0 Å². The van der Waals surface area contributed by atoms with Crippen LogP contribution < -0.4 is 19.8 Å². The summed E-state index contributed by atoms with van der Waals surface area (Å²) >= 11 is 0. The largest absolute Gasteiger partial charge is 0.495 e. The summed E-state index contributed by atoms with van der Waals surface area (Å²) in [5.41, 5.74) is 0.737. The molecule has 0 radical (unpaired) electrons. The molecule has 0 bridgehead atoms. The van der Waals surface area contributed by atoms with Crippen LogP contribution in [0.1, 0.15) is 5.76 Å². The van der Waals surface area contributed by atoms with Crippen molar-refractivity contribution in [1.82, 2.24) is 9.80 Å². The molecule has 2 aliphatic heterocycles. The summed E-state index contributed by atoms with van der Waals surface area (Å²) in [5.74, 6) is 1.29. The third-order valence-corrected chi connectivity index (χ3v) is 5.74. The van der Waals surface area contributed by atoms with E-state index in [1.54, 1.807) is 12.0 Å². The number of para-hydroxylation sites is 2. The summed E-state index contributed by atoms with van der Waals surface area (Å²) in [6, 6.07) is 9.29. The Balaban J connectivity index is 1.26. The van der Waals surface area contributed by atoms with E-state index in [1.165, 1.54) is 12.3 Å². The van der Waals surface area contributed by atoms with Crippen molar-refractivity contribution in [3.8, 4) is 11.5 Å². The normalized spacial score (nSPS) is 17.3. The lowest BCUT2D eigenvalue weighted by Gasteiger charge is -2.36. The maximum absolute atomic E-state index is 12.6.